The Morgan fingerprint density at radius 3 is 2.62 bits per heavy atom. The van der Waals surface area contributed by atoms with Crippen molar-refractivity contribution in [3.05, 3.63) is 34.2 Å². The van der Waals surface area contributed by atoms with E-state index >= 15 is 0 Å². The van der Waals surface area contributed by atoms with Crippen molar-refractivity contribution in [2.75, 3.05) is 31.1 Å². The van der Waals surface area contributed by atoms with Gasteiger partial charge in [-0.2, -0.15) is 0 Å². The van der Waals surface area contributed by atoms with Gasteiger partial charge in [0, 0.05) is 43.4 Å². The van der Waals surface area contributed by atoms with Crippen molar-refractivity contribution in [3.8, 4) is 0 Å². The van der Waals surface area contributed by atoms with Gasteiger partial charge in [-0.05, 0) is 26.8 Å². The number of nitrogens with one attached hydrogen (secondary N) is 1. The Morgan fingerprint density at radius 1 is 1.25 bits per heavy atom. The Balaban J connectivity index is 1.53. The summed E-state index contributed by atoms with van der Waals surface area (Å²) in [6.07, 6.45) is 3.61. The molecule has 0 radical (unpaired) electrons. The minimum absolute atomic E-state index is 0.0335. The molecule has 0 spiro atoms. The Kier molecular flexibility index (Phi) is 4.94. The Bertz CT molecular complexity index is 710. The zero-order valence-corrected chi connectivity index (χ0v) is 15.0. The zero-order valence-electron chi connectivity index (χ0n) is 14.2. The highest BCUT2D eigenvalue weighted by molar-refractivity contribution is 7.11. The van der Waals surface area contributed by atoms with Gasteiger partial charge in [0.25, 0.3) is 0 Å². The molecule has 0 unspecified atom stereocenters. The molecular formula is C16H22N6OS. The summed E-state index contributed by atoms with van der Waals surface area (Å²) in [4.78, 5) is 30.5. The number of urea groups is 1. The topological polar surface area (TPSA) is 74.2 Å². The number of thiazole rings is 1. The van der Waals surface area contributed by atoms with Crippen LogP contribution in [0.25, 0.3) is 0 Å². The number of piperazine rings is 1. The number of amides is 2. The lowest BCUT2D eigenvalue weighted by atomic mass is 10.3. The second-order valence-electron chi connectivity index (χ2n) is 5.92. The second-order valence-corrected chi connectivity index (χ2v) is 7.18. The van der Waals surface area contributed by atoms with E-state index in [4.69, 9.17) is 0 Å². The molecule has 3 rings (SSSR count). The monoisotopic (exact) mass is 346 g/mol. The van der Waals surface area contributed by atoms with Crippen LogP contribution in [0.15, 0.2) is 18.5 Å². The average Bonchev–Trinajstić information content (AvgIpc) is 3.01. The first-order chi connectivity index (χ1) is 11.5. The first-order valence-electron chi connectivity index (χ1n) is 8.05. The molecule has 2 aromatic heterocycles. The SMILES string of the molecule is Cc1nccc(N2CCN(C(=O)N[C@@H](C)c3ncc(C)s3)CC2)n1. The summed E-state index contributed by atoms with van der Waals surface area (Å²) >= 11 is 1.62. The van der Waals surface area contributed by atoms with Crippen LogP contribution in [0.1, 0.15) is 28.7 Å². The number of aromatic nitrogens is 3. The largest absolute Gasteiger partial charge is 0.353 e. The van der Waals surface area contributed by atoms with E-state index in [-0.39, 0.29) is 12.1 Å². The van der Waals surface area contributed by atoms with E-state index in [1.807, 2.05) is 37.9 Å². The van der Waals surface area contributed by atoms with Gasteiger partial charge in [-0.3, -0.25) is 0 Å². The maximum Gasteiger partial charge on any atom is 0.318 e. The summed E-state index contributed by atoms with van der Waals surface area (Å²) in [7, 11) is 0. The molecule has 24 heavy (non-hydrogen) atoms. The van der Waals surface area contributed by atoms with Crippen LogP contribution >= 0.6 is 11.3 Å². The van der Waals surface area contributed by atoms with Crippen LogP contribution in [0.4, 0.5) is 10.6 Å². The lowest BCUT2D eigenvalue weighted by Crippen LogP contribution is -2.52. The van der Waals surface area contributed by atoms with Gasteiger partial charge in [-0.1, -0.05) is 0 Å². The van der Waals surface area contributed by atoms with Gasteiger partial charge in [-0.25, -0.2) is 19.7 Å². The van der Waals surface area contributed by atoms with E-state index in [2.05, 4.69) is 25.2 Å². The van der Waals surface area contributed by atoms with Gasteiger partial charge in [-0.15, -0.1) is 11.3 Å². The normalized spacial score (nSPS) is 16.1. The van der Waals surface area contributed by atoms with E-state index in [0.29, 0.717) is 13.1 Å². The van der Waals surface area contributed by atoms with E-state index in [0.717, 1.165) is 34.6 Å². The standard InChI is InChI=1S/C16H22N6OS/c1-11-10-18-15(24-11)12(2)19-16(23)22-8-6-21(7-9-22)14-4-5-17-13(3)20-14/h4-5,10,12H,6-9H2,1-3H3,(H,19,23)/t12-/m0/s1. The van der Waals surface area contributed by atoms with Gasteiger partial charge in [0.15, 0.2) is 0 Å². The molecule has 128 valence electrons. The number of hydrogen-bond acceptors (Lipinski definition) is 6. The molecule has 0 saturated carbocycles. The quantitative estimate of drug-likeness (QED) is 0.922. The van der Waals surface area contributed by atoms with Gasteiger partial charge < -0.3 is 15.1 Å². The molecule has 1 saturated heterocycles. The summed E-state index contributed by atoms with van der Waals surface area (Å²) in [5.74, 6) is 1.69. The van der Waals surface area contributed by atoms with Crippen LogP contribution in [0.3, 0.4) is 0 Å². The fourth-order valence-corrected chi connectivity index (χ4v) is 3.45. The Labute approximate surface area is 145 Å². The number of hydrogen-bond donors (Lipinski definition) is 1. The fraction of sp³-hybridized carbons (Fsp3) is 0.500. The molecule has 1 atom stereocenters. The predicted molar refractivity (Wildman–Crippen MR) is 94.4 cm³/mol. The minimum Gasteiger partial charge on any atom is -0.353 e. The summed E-state index contributed by atoms with van der Waals surface area (Å²) in [5.41, 5.74) is 0. The summed E-state index contributed by atoms with van der Waals surface area (Å²) in [6, 6.07) is 1.81. The maximum atomic E-state index is 12.4. The average molecular weight is 346 g/mol. The molecule has 1 aliphatic heterocycles. The van der Waals surface area contributed by atoms with Crippen molar-refractivity contribution < 1.29 is 4.79 Å². The molecule has 0 aromatic carbocycles. The lowest BCUT2D eigenvalue weighted by molar-refractivity contribution is 0.191. The van der Waals surface area contributed by atoms with Gasteiger partial charge in [0.1, 0.15) is 16.6 Å². The van der Waals surface area contributed by atoms with Gasteiger partial charge >= 0.3 is 6.03 Å². The number of carbonyl (C=O) groups is 1. The minimum atomic E-state index is -0.0706. The van der Waals surface area contributed by atoms with Crippen molar-refractivity contribution in [1.82, 2.24) is 25.2 Å². The summed E-state index contributed by atoms with van der Waals surface area (Å²) in [6.45, 7) is 8.77. The van der Waals surface area contributed by atoms with E-state index in [1.165, 1.54) is 0 Å². The molecule has 8 heteroatoms. The number of rotatable bonds is 3. The molecule has 1 N–H and O–H groups in total. The third kappa shape index (κ3) is 3.81. The molecule has 2 amide bonds. The molecule has 0 aliphatic carbocycles. The molecule has 1 fully saturated rings. The van der Waals surface area contributed by atoms with Crippen LogP contribution in [0.2, 0.25) is 0 Å². The molecule has 0 bridgehead atoms. The number of aryl methyl sites for hydroxylation is 2. The molecule has 2 aromatic rings. The first-order valence-corrected chi connectivity index (χ1v) is 8.87. The summed E-state index contributed by atoms with van der Waals surface area (Å²) < 4.78 is 0. The predicted octanol–water partition coefficient (Wildman–Crippen LogP) is 2.14. The van der Waals surface area contributed by atoms with Crippen LogP contribution in [0, 0.1) is 13.8 Å². The molecule has 1 aliphatic rings. The van der Waals surface area contributed by atoms with Crippen LogP contribution in [-0.4, -0.2) is 52.1 Å². The van der Waals surface area contributed by atoms with Crippen LogP contribution in [-0.2, 0) is 0 Å². The number of anilines is 1. The number of nitrogens with zero attached hydrogens (tertiary/aromatic N) is 5. The van der Waals surface area contributed by atoms with Crippen molar-refractivity contribution in [3.63, 3.8) is 0 Å². The van der Waals surface area contributed by atoms with Crippen LogP contribution < -0.4 is 10.2 Å². The van der Waals surface area contributed by atoms with E-state index in [1.54, 1.807) is 17.5 Å². The second kappa shape index (κ2) is 7.12. The molecular weight excluding hydrogens is 324 g/mol. The van der Waals surface area contributed by atoms with E-state index < -0.39 is 0 Å². The third-order valence-electron chi connectivity index (χ3n) is 4.00. The van der Waals surface area contributed by atoms with Crippen molar-refractivity contribution in [2.45, 2.75) is 26.8 Å². The van der Waals surface area contributed by atoms with Gasteiger partial charge in [0.05, 0.1) is 6.04 Å². The number of carbonyl (C=O) groups excluding carboxylic acids is 1. The highest BCUT2D eigenvalue weighted by Crippen LogP contribution is 2.19. The maximum absolute atomic E-state index is 12.4. The highest BCUT2D eigenvalue weighted by atomic mass is 32.1. The van der Waals surface area contributed by atoms with Gasteiger partial charge in [0.2, 0.25) is 0 Å². The summed E-state index contributed by atoms with van der Waals surface area (Å²) in [5, 5.41) is 3.97. The van der Waals surface area contributed by atoms with Crippen molar-refractivity contribution in [1.29, 1.82) is 0 Å². The Hall–Kier alpha value is -2.22. The van der Waals surface area contributed by atoms with Crippen molar-refractivity contribution >= 4 is 23.2 Å². The first kappa shape index (κ1) is 16.6. The van der Waals surface area contributed by atoms with Crippen molar-refractivity contribution in [2.24, 2.45) is 0 Å². The van der Waals surface area contributed by atoms with Crippen LogP contribution in [0.5, 0.6) is 0 Å². The molecule has 3 heterocycles. The third-order valence-corrected chi connectivity index (χ3v) is 5.10. The molecule has 7 nitrogen and oxygen atoms in total. The smallest absolute Gasteiger partial charge is 0.318 e. The zero-order chi connectivity index (χ0) is 17.1. The Morgan fingerprint density at radius 2 is 2.00 bits per heavy atom. The lowest BCUT2D eigenvalue weighted by Gasteiger charge is -2.35. The highest BCUT2D eigenvalue weighted by Gasteiger charge is 2.23. The fourth-order valence-electron chi connectivity index (χ4n) is 2.67. The van der Waals surface area contributed by atoms with E-state index in [9.17, 15) is 4.79 Å².